The summed E-state index contributed by atoms with van der Waals surface area (Å²) in [5.41, 5.74) is 0.825. The van der Waals surface area contributed by atoms with Gasteiger partial charge < -0.3 is 50.8 Å². The van der Waals surface area contributed by atoms with E-state index in [0.717, 1.165) is 56.1 Å². The molecule has 3 rings (SSSR count). The van der Waals surface area contributed by atoms with Gasteiger partial charge in [-0.05, 0) is 90.3 Å². The van der Waals surface area contributed by atoms with Gasteiger partial charge in [-0.1, -0.05) is 126 Å². The van der Waals surface area contributed by atoms with Gasteiger partial charge in [0.1, 0.15) is 30.3 Å². The van der Waals surface area contributed by atoms with Crippen LogP contribution in [0.5, 0.6) is 0 Å². The van der Waals surface area contributed by atoms with Crippen molar-refractivity contribution in [3.63, 3.8) is 0 Å². The third-order valence-electron chi connectivity index (χ3n) is 12.7. The number of unbranched alkanes of at least 4 members (excludes halogenated alkanes) is 2. The standard InChI is InChI=1S/C54H85N7O11/c1-10-13-31-44(61(32-14-11-2)34-37(4)56-53(69)72-54(6,7)8)50(65)60(9)43(24-12-3)48(63)59-46(41-29-22-17-23-30-41)49(64)57-42(33-55-52(68)71-36-40-27-20-16-21-28-40)47(62)58-45(51(66)67)38(5)70-35-39-25-18-15-19-26-39/h15-16,18-21,25-28,37-38,41-46H,10-14,17,22-24,29-36H2,1-9H3,(H,55,68)(H,56,69)(H,57,64)(H,58,62)(H,59,63)(H,66,67)/t37-,38+,42+,43+,44+,45+,46+/m1/s1. The number of hydrogen-bond acceptors (Lipinski definition) is 11. The van der Waals surface area contributed by atoms with Crippen LogP contribution in [0.3, 0.4) is 0 Å². The second-order valence-corrected chi connectivity index (χ2v) is 20.0. The minimum absolute atomic E-state index is 0.0700. The Bertz CT molecular complexity index is 1980. The summed E-state index contributed by atoms with van der Waals surface area (Å²) in [5.74, 6) is -4.14. The second kappa shape index (κ2) is 31.7. The summed E-state index contributed by atoms with van der Waals surface area (Å²) in [6.45, 7) is 15.2. The van der Waals surface area contributed by atoms with E-state index < -0.39 is 84.3 Å². The number of ether oxygens (including phenoxy) is 3. The second-order valence-electron chi connectivity index (χ2n) is 20.0. The van der Waals surface area contributed by atoms with Crippen molar-refractivity contribution >= 4 is 41.8 Å². The Labute approximate surface area is 427 Å². The first-order valence-electron chi connectivity index (χ1n) is 26.0. The summed E-state index contributed by atoms with van der Waals surface area (Å²) in [4.78, 5) is 100. The highest BCUT2D eigenvalue weighted by atomic mass is 16.6. The molecule has 6 N–H and O–H groups in total. The highest BCUT2D eigenvalue weighted by Gasteiger charge is 2.39. The molecule has 18 heteroatoms. The molecule has 6 amide bonds. The average Bonchev–Trinajstić information content (AvgIpc) is 3.35. The maximum Gasteiger partial charge on any atom is 0.407 e. The van der Waals surface area contributed by atoms with Crippen molar-refractivity contribution in [1.82, 2.24) is 36.4 Å². The number of rotatable bonds is 30. The summed E-state index contributed by atoms with van der Waals surface area (Å²) in [7, 11) is 1.61. The van der Waals surface area contributed by atoms with E-state index in [9.17, 15) is 38.7 Å². The van der Waals surface area contributed by atoms with Crippen LogP contribution >= 0.6 is 0 Å². The quantitative estimate of drug-likeness (QED) is 0.0472. The third-order valence-corrected chi connectivity index (χ3v) is 12.7. The van der Waals surface area contributed by atoms with Gasteiger partial charge in [0.15, 0.2) is 6.04 Å². The van der Waals surface area contributed by atoms with Crippen molar-refractivity contribution in [3.05, 3.63) is 71.8 Å². The molecule has 0 bridgehead atoms. The highest BCUT2D eigenvalue weighted by molar-refractivity contribution is 5.96. The molecule has 2 aromatic carbocycles. The number of carboxylic acid groups (broad SMARTS) is 1. The van der Waals surface area contributed by atoms with Gasteiger partial charge in [-0.25, -0.2) is 14.4 Å². The summed E-state index contributed by atoms with van der Waals surface area (Å²) in [5, 5.41) is 24.0. The van der Waals surface area contributed by atoms with E-state index in [0.29, 0.717) is 45.2 Å². The van der Waals surface area contributed by atoms with E-state index in [2.05, 4.69) is 38.4 Å². The molecule has 2 aromatic rings. The predicted octanol–water partition coefficient (Wildman–Crippen LogP) is 6.84. The largest absolute Gasteiger partial charge is 0.480 e. The van der Waals surface area contributed by atoms with E-state index in [1.807, 2.05) is 57.2 Å². The predicted molar refractivity (Wildman–Crippen MR) is 275 cm³/mol. The van der Waals surface area contributed by atoms with Crippen LogP contribution < -0.4 is 26.6 Å². The number of carboxylic acids is 1. The monoisotopic (exact) mass is 1010 g/mol. The Morgan fingerprint density at radius 1 is 0.708 bits per heavy atom. The van der Waals surface area contributed by atoms with Crippen molar-refractivity contribution in [1.29, 1.82) is 0 Å². The van der Waals surface area contributed by atoms with Crippen molar-refractivity contribution < 1.29 is 52.9 Å². The van der Waals surface area contributed by atoms with Crippen LogP contribution in [-0.2, 0) is 51.4 Å². The first kappa shape index (κ1) is 60.6. The van der Waals surface area contributed by atoms with E-state index in [1.54, 1.807) is 52.1 Å². The Morgan fingerprint density at radius 3 is 1.89 bits per heavy atom. The maximum absolute atomic E-state index is 14.8. The minimum atomic E-state index is -1.55. The van der Waals surface area contributed by atoms with Crippen LogP contribution in [-0.4, -0.2) is 131 Å². The Hall–Kier alpha value is -5.75. The number of likely N-dealkylation sites (N-methyl/N-ethyl adjacent to an activating group) is 1. The van der Waals surface area contributed by atoms with E-state index in [1.165, 1.54) is 11.8 Å². The van der Waals surface area contributed by atoms with Crippen molar-refractivity contribution in [2.45, 2.75) is 194 Å². The van der Waals surface area contributed by atoms with E-state index in [4.69, 9.17) is 14.2 Å². The lowest BCUT2D eigenvalue weighted by Gasteiger charge is -2.38. The zero-order valence-electron chi connectivity index (χ0n) is 44.3. The summed E-state index contributed by atoms with van der Waals surface area (Å²) < 4.78 is 16.7. The lowest BCUT2D eigenvalue weighted by atomic mass is 9.83. The van der Waals surface area contributed by atoms with E-state index in [-0.39, 0.29) is 31.1 Å². The van der Waals surface area contributed by atoms with Crippen molar-refractivity contribution in [2.75, 3.05) is 26.7 Å². The van der Waals surface area contributed by atoms with Gasteiger partial charge in [-0.2, -0.15) is 0 Å². The fraction of sp³-hybridized carbons (Fsp3) is 0.648. The minimum Gasteiger partial charge on any atom is -0.480 e. The number of benzene rings is 2. The molecule has 0 radical (unpaired) electrons. The number of aliphatic carboxylic acids is 1. The zero-order valence-corrected chi connectivity index (χ0v) is 44.3. The molecule has 0 saturated heterocycles. The third kappa shape index (κ3) is 21.5. The number of carbonyl (C=O) groups excluding carboxylic acids is 6. The van der Waals surface area contributed by atoms with Crippen LogP contribution in [0.2, 0.25) is 0 Å². The maximum atomic E-state index is 14.8. The molecule has 0 spiro atoms. The highest BCUT2D eigenvalue weighted by Crippen LogP contribution is 2.27. The van der Waals surface area contributed by atoms with Crippen LogP contribution in [0.15, 0.2) is 60.7 Å². The van der Waals surface area contributed by atoms with Crippen LogP contribution in [0.4, 0.5) is 9.59 Å². The van der Waals surface area contributed by atoms with Crippen LogP contribution in [0.25, 0.3) is 0 Å². The molecule has 0 heterocycles. The molecule has 1 saturated carbocycles. The molecule has 1 aliphatic carbocycles. The van der Waals surface area contributed by atoms with Gasteiger partial charge >= 0.3 is 18.2 Å². The smallest absolute Gasteiger partial charge is 0.407 e. The Kier molecular flexibility index (Phi) is 26.6. The molecule has 7 atom stereocenters. The summed E-state index contributed by atoms with van der Waals surface area (Å²) in [6.07, 6.45) is 5.90. The molecule has 18 nitrogen and oxygen atoms in total. The average molecular weight is 1010 g/mol. The number of nitrogens with zero attached hydrogens (tertiary/aromatic N) is 2. The number of amides is 6. The lowest BCUT2D eigenvalue weighted by molar-refractivity contribution is -0.147. The molecule has 402 valence electrons. The van der Waals surface area contributed by atoms with Gasteiger partial charge in [-0.15, -0.1) is 0 Å². The van der Waals surface area contributed by atoms with Crippen molar-refractivity contribution in [2.24, 2.45) is 5.92 Å². The molecule has 1 aliphatic rings. The molecular weight excluding hydrogens is 923 g/mol. The molecule has 0 unspecified atom stereocenters. The van der Waals surface area contributed by atoms with Gasteiger partial charge in [0.05, 0.1) is 25.3 Å². The van der Waals surface area contributed by atoms with Crippen LogP contribution in [0.1, 0.15) is 144 Å². The fourth-order valence-electron chi connectivity index (χ4n) is 8.74. The zero-order chi connectivity index (χ0) is 53.2. The fourth-order valence-corrected chi connectivity index (χ4v) is 8.74. The first-order valence-corrected chi connectivity index (χ1v) is 26.0. The van der Waals surface area contributed by atoms with Gasteiger partial charge in [0.2, 0.25) is 23.6 Å². The number of alkyl carbamates (subject to hydrolysis) is 2. The number of nitrogens with one attached hydrogen (secondary N) is 5. The van der Waals surface area contributed by atoms with Gasteiger partial charge in [0, 0.05) is 19.6 Å². The summed E-state index contributed by atoms with van der Waals surface area (Å²) in [6, 6.07) is 11.9. The Balaban J connectivity index is 1.92. The topological polar surface area (TPSA) is 234 Å². The molecule has 0 aromatic heterocycles. The molecule has 1 fully saturated rings. The normalized spacial score (nSPS) is 15.9. The van der Waals surface area contributed by atoms with Gasteiger partial charge in [0.25, 0.3) is 0 Å². The lowest BCUT2D eigenvalue weighted by Crippen LogP contribution is -2.62. The number of carbonyl (C=O) groups is 7. The van der Waals surface area contributed by atoms with Crippen molar-refractivity contribution in [3.8, 4) is 0 Å². The first-order chi connectivity index (χ1) is 34.3. The molecule has 0 aliphatic heterocycles. The summed E-state index contributed by atoms with van der Waals surface area (Å²) >= 11 is 0. The van der Waals surface area contributed by atoms with Gasteiger partial charge in [-0.3, -0.25) is 24.1 Å². The Morgan fingerprint density at radius 2 is 1.32 bits per heavy atom. The SMILES string of the molecule is CCCC[C@@H](C(=O)N(C)[C@@H](CCC)C(=O)N[C@H](C(=O)N[C@@H](CNC(=O)OCc1ccccc1)C(=O)N[C@H](C(=O)O)[C@H](C)OCc1ccccc1)C1CCCCC1)N(CCCC)C[C@@H](C)NC(=O)OC(C)(C)C. The number of hydrogen-bond donors (Lipinski definition) is 6. The van der Waals surface area contributed by atoms with Crippen LogP contribution in [0, 0.1) is 5.92 Å². The van der Waals surface area contributed by atoms with E-state index >= 15 is 0 Å². The molecular formula is C54H85N7O11. The molecule has 72 heavy (non-hydrogen) atoms.